The van der Waals surface area contributed by atoms with E-state index in [1.54, 1.807) is 6.92 Å². The van der Waals surface area contributed by atoms with Gasteiger partial charge in [-0.15, -0.1) is 0 Å². The van der Waals surface area contributed by atoms with Crippen LogP contribution in [0.15, 0.2) is 21.9 Å². The first kappa shape index (κ1) is 13.0. The number of nitrogens with zero attached hydrogens (tertiary/aromatic N) is 1. The van der Waals surface area contributed by atoms with Gasteiger partial charge in [-0.2, -0.15) is 0 Å². The third-order valence-electron chi connectivity index (χ3n) is 2.93. The maximum atomic E-state index is 11.6. The molecule has 1 aromatic heterocycles. The molecular formula is C10H14N2O6. The molecule has 2 heterocycles. The summed E-state index contributed by atoms with van der Waals surface area (Å²) in [5.41, 5.74) is -1.18. The Morgan fingerprint density at radius 3 is 2.61 bits per heavy atom. The average Bonchev–Trinajstić information content (AvgIpc) is 2.60. The van der Waals surface area contributed by atoms with Crippen molar-refractivity contribution < 1.29 is 20.1 Å². The number of aliphatic hydroxyl groups is 3. The molecule has 0 saturated carbocycles. The third kappa shape index (κ3) is 2.36. The van der Waals surface area contributed by atoms with Crippen LogP contribution in [0.1, 0.15) is 19.6 Å². The first-order valence-corrected chi connectivity index (χ1v) is 5.43. The molecule has 1 aliphatic heterocycles. The Morgan fingerprint density at radius 2 is 2.11 bits per heavy atom. The van der Waals surface area contributed by atoms with Crippen LogP contribution >= 0.6 is 0 Å². The lowest BCUT2D eigenvalue weighted by molar-refractivity contribution is -0.360. The molecule has 0 radical (unpaired) electrons. The molecule has 1 fully saturated rings. The van der Waals surface area contributed by atoms with E-state index in [0.29, 0.717) is 0 Å². The fourth-order valence-electron chi connectivity index (χ4n) is 2.03. The van der Waals surface area contributed by atoms with E-state index in [1.807, 2.05) is 0 Å². The number of hydrogen-bond donors (Lipinski definition) is 4. The second-order valence-electron chi connectivity index (χ2n) is 4.43. The van der Waals surface area contributed by atoms with Crippen molar-refractivity contribution in [1.82, 2.24) is 9.55 Å². The lowest BCUT2D eigenvalue weighted by atomic mass is 10.0. The van der Waals surface area contributed by atoms with E-state index in [0.717, 1.165) is 10.6 Å². The summed E-state index contributed by atoms with van der Waals surface area (Å²) in [7, 11) is 0. The Hall–Kier alpha value is -1.48. The van der Waals surface area contributed by atoms with Gasteiger partial charge in [-0.25, -0.2) is 4.79 Å². The molecule has 18 heavy (non-hydrogen) atoms. The highest BCUT2D eigenvalue weighted by Crippen LogP contribution is 2.36. The van der Waals surface area contributed by atoms with E-state index in [-0.39, 0.29) is 12.3 Å². The molecule has 0 amide bonds. The highest BCUT2D eigenvalue weighted by atomic mass is 16.7. The van der Waals surface area contributed by atoms with Crippen molar-refractivity contribution in [3.05, 3.63) is 33.1 Å². The molecule has 0 bridgehead atoms. The zero-order chi connectivity index (χ0) is 13.5. The molecule has 8 heteroatoms. The molecule has 0 aromatic carbocycles. The molecule has 3 atom stereocenters. The van der Waals surface area contributed by atoms with Crippen LogP contribution in [0.25, 0.3) is 0 Å². The van der Waals surface area contributed by atoms with E-state index in [4.69, 9.17) is 20.1 Å². The minimum absolute atomic E-state index is 0.166. The van der Waals surface area contributed by atoms with Crippen LogP contribution in [-0.2, 0) is 4.74 Å². The number of rotatable bonds is 2. The van der Waals surface area contributed by atoms with Gasteiger partial charge in [-0.3, -0.25) is 14.3 Å². The highest BCUT2D eigenvalue weighted by molar-refractivity contribution is 4.88. The number of hydrogen-bond acceptors (Lipinski definition) is 6. The van der Waals surface area contributed by atoms with E-state index < -0.39 is 29.6 Å². The van der Waals surface area contributed by atoms with Crippen molar-refractivity contribution >= 4 is 0 Å². The summed E-state index contributed by atoms with van der Waals surface area (Å²) in [6, 6.07) is 1.16. The van der Waals surface area contributed by atoms with Crippen molar-refractivity contribution in [2.75, 3.05) is 0 Å². The van der Waals surface area contributed by atoms with Crippen molar-refractivity contribution in [3.63, 3.8) is 0 Å². The van der Waals surface area contributed by atoms with Crippen molar-refractivity contribution in [1.29, 1.82) is 0 Å². The summed E-state index contributed by atoms with van der Waals surface area (Å²) in [4.78, 5) is 24.6. The number of nitrogens with one attached hydrogen (secondary N) is 1. The minimum atomic E-state index is -2.95. The molecule has 3 unspecified atom stereocenters. The number of H-pyrrole nitrogens is 1. The van der Waals surface area contributed by atoms with Crippen LogP contribution in [0, 0.1) is 5.92 Å². The Kier molecular flexibility index (Phi) is 3.11. The first-order valence-electron chi connectivity index (χ1n) is 5.43. The SMILES string of the molecule is CC1CC(C(O)(O)O)OC1n1ccc(=O)[nH]c1=O. The summed E-state index contributed by atoms with van der Waals surface area (Å²) in [5, 5.41) is 27.2. The fraction of sp³-hybridized carbons (Fsp3) is 0.600. The first-order chi connectivity index (χ1) is 8.29. The van der Waals surface area contributed by atoms with Gasteiger partial charge in [0.05, 0.1) is 0 Å². The van der Waals surface area contributed by atoms with Crippen LogP contribution in [0.5, 0.6) is 0 Å². The van der Waals surface area contributed by atoms with Gasteiger partial charge in [0.15, 0.2) is 0 Å². The molecule has 8 nitrogen and oxygen atoms in total. The van der Waals surface area contributed by atoms with E-state index >= 15 is 0 Å². The second-order valence-corrected chi connectivity index (χ2v) is 4.43. The molecule has 0 aliphatic carbocycles. The average molecular weight is 258 g/mol. The van der Waals surface area contributed by atoms with Crippen LogP contribution in [0.4, 0.5) is 0 Å². The van der Waals surface area contributed by atoms with Crippen LogP contribution in [0.3, 0.4) is 0 Å². The third-order valence-corrected chi connectivity index (χ3v) is 2.93. The highest BCUT2D eigenvalue weighted by Gasteiger charge is 2.44. The molecule has 4 N–H and O–H groups in total. The molecular weight excluding hydrogens is 244 g/mol. The molecule has 100 valence electrons. The number of aromatic nitrogens is 2. The van der Waals surface area contributed by atoms with Gasteiger partial charge >= 0.3 is 11.7 Å². The van der Waals surface area contributed by atoms with Gasteiger partial charge < -0.3 is 20.1 Å². The lowest BCUT2D eigenvalue weighted by Crippen LogP contribution is -2.42. The molecule has 0 spiro atoms. The second kappa shape index (κ2) is 4.32. The smallest absolute Gasteiger partial charge is 0.330 e. The van der Waals surface area contributed by atoms with Gasteiger partial charge in [-0.1, -0.05) is 6.92 Å². The van der Waals surface area contributed by atoms with E-state index in [9.17, 15) is 9.59 Å². The Bertz CT molecular complexity index is 542. The Labute approximate surface area is 101 Å². The summed E-state index contributed by atoms with van der Waals surface area (Å²) >= 11 is 0. The van der Waals surface area contributed by atoms with Crippen LogP contribution in [0.2, 0.25) is 0 Å². The standard InChI is InChI=1S/C10H14N2O6/c1-5-4-6(10(15,16)17)18-8(5)12-3-2-7(13)11-9(12)14/h2-3,5-6,8,15-17H,4H2,1H3,(H,11,13,14). The monoisotopic (exact) mass is 258 g/mol. The quantitative estimate of drug-likeness (QED) is 0.459. The van der Waals surface area contributed by atoms with Crippen molar-refractivity contribution in [3.8, 4) is 0 Å². The van der Waals surface area contributed by atoms with E-state index in [1.165, 1.54) is 6.20 Å². The summed E-state index contributed by atoms with van der Waals surface area (Å²) in [5.74, 6) is -3.18. The van der Waals surface area contributed by atoms with Crippen LogP contribution < -0.4 is 11.2 Å². The largest absolute Gasteiger partial charge is 0.346 e. The number of aromatic amines is 1. The molecule has 1 aromatic rings. The number of ether oxygens (including phenoxy) is 1. The lowest BCUT2D eigenvalue weighted by Gasteiger charge is -2.22. The Morgan fingerprint density at radius 1 is 1.44 bits per heavy atom. The maximum Gasteiger partial charge on any atom is 0.330 e. The van der Waals surface area contributed by atoms with Gasteiger partial charge in [0, 0.05) is 18.2 Å². The summed E-state index contributed by atoms with van der Waals surface area (Å²) < 4.78 is 6.37. The predicted octanol–water partition coefficient (Wildman–Crippen LogP) is -1.91. The van der Waals surface area contributed by atoms with Crippen molar-refractivity contribution in [2.45, 2.75) is 31.6 Å². The molecule has 1 aliphatic rings. The topological polar surface area (TPSA) is 125 Å². The normalized spacial score (nSPS) is 28.6. The minimum Gasteiger partial charge on any atom is -0.346 e. The summed E-state index contributed by atoms with van der Waals surface area (Å²) in [6.45, 7) is 1.73. The predicted molar refractivity (Wildman–Crippen MR) is 58.4 cm³/mol. The van der Waals surface area contributed by atoms with Gasteiger partial charge in [0.2, 0.25) is 0 Å². The zero-order valence-corrected chi connectivity index (χ0v) is 9.61. The zero-order valence-electron chi connectivity index (χ0n) is 9.61. The van der Waals surface area contributed by atoms with Crippen molar-refractivity contribution in [2.24, 2.45) is 5.92 Å². The van der Waals surface area contributed by atoms with Crippen LogP contribution in [-0.4, -0.2) is 36.9 Å². The fourth-order valence-corrected chi connectivity index (χ4v) is 2.03. The van der Waals surface area contributed by atoms with Gasteiger partial charge in [0.25, 0.3) is 5.56 Å². The summed E-state index contributed by atoms with van der Waals surface area (Å²) in [6.07, 6.45) is -0.556. The Balaban J connectivity index is 2.30. The van der Waals surface area contributed by atoms with Gasteiger partial charge in [0.1, 0.15) is 12.3 Å². The molecule has 1 saturated heterocycles. The van der Waals surface area contributed by atoms with E-state index in [2.05, 4.69) is 4.98 Å². The van der Waals surface area contributed by atoms with Gasteiger partial charge in [-0.05, 0) is 6.42 Å². The molecule has 2 rings (SSSR count). The maximum absolute atomic E-state index is 11.6.